The van der Waals surface area contributed by atoms with E-state index < -0.39 is 0 Å². The summed E-state index contributed by atoms with van der Waals surface area (Å²) in [5.41, 5.74) is 1.36. The maximum absolute atomic E-state index is 13.0. The minimum absolute atomic E-state index is 0.128. The van der Waals surface area contributed by atoms with Gasteiger partial charge in [0.2, 0.25) is 0 Å². The monoisotopic (exact) mass is 419 g/mol. The third-order valence-electron chi connectivity index (χ3n) is 5.32. The summed E-state index contributed by atoms with van der Waals surface area (Å²) in [6.45, 7) is 3.33. The summed E-state index contributed by atoms with van der Waals surface area (Å²) in [5, 5.41) is 3.65. The fourth-order valence-electron chi connectivity index (χ4n) is 3.89. The summed E-state index contributed by atoms with van der Waals surface area (Å²) >= 11 is 1.53. The Hall–Kier alpha value is -2.39. The Morgan fingerprint density at radius 3 is 2.41 bits per heavy atom. The lowest BCUT2D eigenvalue weighted by molar-refractivity contribution is 0.0666. The van der Waals surface area contributed by atoms with E-state index in [1.54, 1.807) is 27.4 Å². The summed E-state index contributed by atoms with van der Waals surface area (Å²) in [7, 11) is 4.78. The first-order chi connectivity index (χ1) is 14.1. The highest BCUT2D eigenvalue weighted by Crippen LogP contribution is 2.49. The number of aliphatic imine (C=N–C) groups is 1. The lowest BCUT2D eigenvalue weighted by atomic mass is 10.0. The van der Waals surface area contributed by atoms with Crippen LogP contribution in [0.25, 0.3) is 0 Å². The van der Waals surface area contributed by atoms with Crippen molar-refractivity contribution in [1.82, 2.24) is 9.78 Å². The maximum atomic E-state index is 13.0. The Balaban J connectivity index is 1.86. The number of aromatic amines is 1. The number of aromatic nitrogens is 2. The number of H-pyrrole nitrogens is 1. The highest BCUT2D eigenvalue weighted by Gasteiger charge is 2.34. The number of nitrogens with one attached hydrogen (secondary N) is 1. The van der Waals surface area contributed by atoms with Gasteiger partial charge in [0, 0.05) is 24.8 Å². The Bertz CT molecular complexity index is 991. The molecule has 0 radical (unpaired) electrons. The molecule has 2 aliphatic heterocycles. The van der Waals surface area contributed by atoms with Crippen molar-refractivity contribution in [2.24, 2.45) is 4.99 Å². The van der Waals surface area contributed by atoms with Crippen molar-refractivity contribution in [2.45, 2.75) is 31.1 Å². The minimum Gasteiger partial charge on any atom is -0.496 e. The molecule has 4 rings (SSSR count). The molecule has 0 saturated carbocycles. The summed E-state index contributed by atoms with van der Waals surface area (Å²) in [6, 6.07) is 3.84. The van der Waals surface area contributed by atoms with Crippen LogP contribution < -0.4 is 19.8 Å². The molecule has 29 heavy (non-hydrogen) atoms. The predicted octanol–water partition coefficient (Wildman–Crippen LogP) is 3.44. The quantitative estimate of drug-likeness (QED) is 0.799. The first kappa shape index (κ1) is 19.9. The molecule has 1 aromatic heterocycles. The average molecular weight is 420 g/mol. The summed E-state index contributed by atoms with van der Waals surface area (Å²) in [6.07, 6.45) is 1.70. The Morgan fingerprint density at radius 2 is 1.76 bits per heavy atom. The van der Waals surface area contributed by atoms with Crippen molar-refractivity contribution in [3.8, 4) is 17.2 Å². The number of fused-ring (bicyclic) bond motifs is 1. The van der Waals surface area contributed by atoms with Crippen LogP contribution in [0.1, 0.15) is 42.2 Å². The smallest absolute Gasteiger partial charge is 0.271 e. The molecule has 1 aromatic carbocycles. The highest BCUT2D eigenvalue weighted by atomic mass is 32.2. The molecule has 1 N–H and O–H groups in total. The molecular formula is C20H25N3O5S. The number of benzene rings is 1. The zero-order chi connectivity index (χ0) is 20.5. The van der Waals surface area contributed by atoms with Crippen LogP contribution in [-0.2, 0) is 4.74 Å². The molecule has 8 nitrogen and oxygen atoms in total. The van der Waals surface area contributed by atoms with Gasteiger partial charge in [0.25, 0.3) is 5.56 Å². The normalized spacial score (nSPS) is 19.4. The van der Waals surface area contributed by atoms with Crippen molar-refractivity contribution in [3.05, 3.63) is 33.6 Å². The lowest BCUT2D eigenvalue weighted by Crippen LogP contribution is -2.21. The van der Waals surface area contributed by atoms with E-state index in [9.17, 15) is 4.79 Å². The van der Waals surface area contributed by atoms with Crippen LogP contribution >= 0.6 is 11.8 Å². The van der Waals surface area contributed by atoms with E-state index in [1.165, 1.54) is 11.8 Å². The molecular weight excluding hydrogens is 394 g/mol. The first-order valence-electron chi connectivity index (χ1n) is 9.51. The minimum atomic E-state index is -0.262. The number of thioether (sulfide) groups is 1. The molecule has 1 saturated heterocycles. The van der Waals surface area contributed by atoms with E-state index in [-0.39, 0.29) is 16.9 Å². The zero-order valence-electron chi connectivity index (χ0n) is 17.0. The van der Waals surface area contributed by atoms with Crippen LogP contribution in [0.2, 0.25) is 0 Å². The van der Waals surface area contributed by atoms with Crippen LogP contribution in [0.5, 0.6) is 17.2 Å². The number of nitrogens with zero attached hydrogens (tertiary/aromatic N) is 2. The predicted molar refractivity (Wildman–Crippen MR) is 112 cm³/mol. The van der Waals surface area contributed by atoms with Gasteiger partial charge in [0.05, 0.1) is 43.2 Å². The van der Waals surface area contributed by atoms with Gasteiger partial charge in [-0.1, -0.05) is 11.8 Å². The molecule has 0 amide bonds. The van der Waals surface area contributed by atoms with Gasteiger partial charge in [-0.2, -0.15) is 0 Å². The SMILES string of the molecule is COc1cc(OC)c([C@@H]2SC(C)=Nc3c2c(=O)[nH]n3C2CCOCC2)cc1OC. The van der Waals surface area contributed by atoms with E-state index in [2.05, 4.69) is 5.10 Å². The van der Waals surface area contributed by atoms with E-state index >= 15 is 0 Å². The first-order valence-corrected chi connectivity index (χ1v) is 10.4. The van der Waals surface area contributed by atoms with E-state index in [0.717, 1.165) is 23.4 Å². The number of hydrogen-bond acceptors (Lipinski definition) is 7. The van der Waals surface area contributed by atoms with Crippen LogP contribution in [0.15, 0.2) is 21.9 Å². The molecule has 9 heteroatoms. The van der Waals surface area contributed by atoms with Gasteiger partial charge in [-0.05, 0) is 25.8 Å². The Kier molecular flexibility index (Phi) is 5.60. The van der Waals surface area contributed by atoms with E-state index in [4.69, 9.17) is 23.9 Å². The summed E-state index contributed by atoms with van der Waals surface area (Å²) in [4.78, 5) is 17.7. The van der Waals surface area contributed by atoms with Gasteiger partial charge >= 0.3 is 0 Å². The van der Waals surface area contributed by atoms with Crippen LogP contribution in [-0.4, -0.2) is 49.4 Å². The fourth-order valence-corrected chi connectivity index (χ4v) is 5.02. The van der Waals surface area contributed by atoms with Crippen LogP contribution in [0.4, 0.5) is 5.82 Å². The van der Waals surface area contributed by atoms with Gasteiger partial charge in [-0.15, -0.1) is 0 Å². The van der Waals surface area contributed by atoms with Gasteiger partial charge in [0.15, 0.2) is 17.3 Å². The molecule has 1 fully saturated rings. The number of hydrogen-bond donors (Lipinski definition) is 1. The average Bonchev–Trinajstić information content (AvgIpc) is 3.08. The molecule has 0 unspecified atom stereocenters. The molecule has 2 aromatic rings. The van der Waals surface area contributed by atoms with Gasteiger partial charge in [-0.25, -0.2) is 4.99 Å². The highest BCUT2D eigenvalue weighted by molar-refractivity contribution is 8.14. The number of ether oxygens (including phenoxy) is 4. The van der Waals surface area contributed by atoms with Crippen LogP contribution in [0.3, 0.4) is 0 Å². The largest absolute Gasteiger partial charge is 0.496 e. The Labute approximate surface area is 173 Å². The molecule has 1 atom stereocenters. The molecule has 0 aliphatic carbocycles. The second-order valence-electron chi connectivity index (χ2n) is 6.97. The van der Waals surface area contributed by atoms with Crippen molar-refractivity contribution in [3.63, 3.8) is 0 Å². The molecule has 0 bridgehead atoms. The second kappa shape index (κ2) is 8.16. The summed E-state index contributed by atoms with van der Waals surface area (Å²) in [5.74, 6) is 2.50. The van der Waals surface area contributed by atoms with Gasteiger partial charge in [0.1, 0.15) is 5.75 Å². The third kappa shape index (κ3) is 3.53. The summed E-state index contributed by atoms with van der Waals surface area (Å²) < 4.78 is 23.9. The topological polar surface area (TPSA) is 87.1 Å². The second-order valence-corrected chi connectivity index (χ2v) is 8.27. The zero-order valence-corrected chi connectivity index (χ0v) is 17.8. The van der Waals surface area contributed by atoms with Crippen molar-refractivity contribution in [2.75, 3.05) is 34.5 Å². The molecule has 0 spiro atoms. The third-order valence-corrected chi connectivity index (χ3v) is 6.48. The molecule has 2 aliphatic rings. The van der Waals surface area contributed by atoms with Gasteiger partial charge in [-0.3, -0.25) is 14.6 Å². The standard InChI is InChI=1S/C20H25N3O5S/c1-11-21-19-17(20(24)22-23(19)12-5-7-28-8-6-12)18(29-11)13-9-15(26-3)16(27-4)10-14(13)25-2/h9-10,12,18H,5-8H2,1-4H3,(H,22,24)/t18-/m0/s1. The number of rotatable bonds is 5. The van der Waals surface area contributed by atoms with E-state index in [1.807, 2.05) is 17.7 Å². The van der Waals surface area contributed by atoms with E-state index in [0.29, 0.717) is 41.8 Å². The van der Waals surface area contributed by atoms with Crippen LogP contribution in [0, 0.1) is 0 Å². The van der Waals surface area contributed by atoms with Crippen molar-refractivity contribution in [1.29, 1.82) is 0 Å². The Morgan fingerprint density at radius 1 is 1.10 bits per heavy atom. The molecule has 3 heterocycles. The van der Waals surface area contributed by atoms with Crippen molar-refractivity contribution >= 4 is 22.6 Å². The molecule has 156 valence electrons. The maximum Gasteiger partial charge on any atom is 0.271 e. The number of methoxy groups -OCH3 is 3. The lowest BCUT2D eigenvalue weighted by Gasteiger charge is -2.27. The van der Waals surface area contributed by atoms with Crippen molar-refractivity contribution < 1.29 is 18.9 Å². The fraction of sp³-hybridized carbons (Fsp3) is 0.500. The van der Waals surface area contributed by atoms with Gasteiger partial charge < -0.3 is 18.9 Å².